The highest BCUT2D eigenvalue weighted by atomic mass is 16.6. The van der Waals surface area contributed by atoms with E-state index in [2.05, 4.69) is 13.8 Å². The highest BCUT2D eigenvalue weighted by molar-refractivity contribution is 5.82. The summed E-state index contributed by atoms with van der Waals surface area (Å²) in [6.45, 7) is 4.86. The van der Waals surface area contributed by atoms with Gasteiger partial charge in [0.25, 0.3) is 0 Å². The second-order valence-corrected chi connectivity index (χ2v) is 9.52. The van der Waals surface area contributed by atoms with Crippen molar-refractivity contribution < 1.29 is 14.3 Å². The van der Waals surface area contributed by atoms with Crippen LogP contribution in [0.1, 0.15) is 65.2 Å². The van der Waals surface area contributed by atoms with Gasteiger partial charge in [-0.25, -0.2) is 0 Å². The quantitative estimate of drug-likeness (QED) is 0.645. The molecular formula is C19H26O3. The highest BCUT2D eigenvalue weighted by Gasteiger charge is 2.81. The van der Waals surface area contributed by atoms with Gasteiger partial charge in [-0.05, 0) is 63.2 Å². The number of ether oxygens (including phenoxy) is 2. The first kappa shape index (κ1) is 12.9. The van der Waals surface area contributed by atoms with Gasteiger partial charge < -0.3 is 9.47 Å². The lowest BCUT2D eigenvalue weighted by molar-refractivity contribution is -0.123. The van der Waals surface area contributed by atoms with Gasteiger partial charge in [0.15, 0.2) is 0 Å². The number of hydrogen-bond acceptors (Lipinski definition) is 3. The maximum atomic E-state index is 11.9. The Hall–Kier alpha value is -0.410. The fourth-order valence-electron chi connectivity index (χ4n) is 7.78. The van der Waals surface area contributed by atoms with Crippen LogP contribution in [0.15, 0.2) is 0 Å². The van der Waals surface area contributed by atoms with Crippen LogP contribution in [-0.4, -0.2) is 28.7 Å². The molecule has 6 rings (SSSR count). The predicted molar refractivity (Wildman–Crippen MR) is 80.3 cm³/mol. The van der Waals surface area contributed by atoms with Crippen molar-refractivity contribution in [3.63, 3.8) is 0 Å². The third kappa shape index (κ3) is 1.12. The van der Waals surface area contributed by atoms with Gasteiger partial charge in [0.05, 0.1) is 11.7 Å². The zero-order valence-electron chi connectivity index (χ0n) is 13.7. The van der Waals surface area contributed by atoms with Crippen molar-refractivity contribution >= 4 is 5.78 Å². The molecule has 22 heavy (non-hydrogen) atoms. The Morgan fingerprint density at radius 2 is 1.95 bits per heavy atom. The van der Waals surface area contributed by atoms with E-state index in [-0.39, 0.29) is 16.8 Å². The maximum Gasteiger partial charge on any atom is 0.136 e. The van der Waals surface area contributed by atoms with Gasteiger partial charge in [-0.2, -0.15) is 0 Å². The number of ketones is 1. The van der Waals surface area contributed by atoms with Gasteiger partial charge in [-0.3, -0.25) is 4.79 Å². The van der Waals surface area contributed by atoms with E-state index in [0.717, 1.165) is 31.1 Å². The first-order valence-electron chi connectivity index (χ1n) is 9.34. The fourth-order valence-corrected chi connectivity index (χ4v) is 7.78. The van der Waals surface area contributed by atoms with Gasteiger partial charge in [-0.1, -0.05) is 6.92 Å². The molecule has 6 fully saturated rings. The number of carbonyl (C=O) groups is 1. The highest BCUT2D eigenvalue weighted by Crippen LogP contribution is 2.76. The number of carbonyl (C=O) groups excluding carboxylic acids is 1. The molecule has 2 heterocycles. The van der Waals surface area contributed by atoms with Crippen LogP contribution in [0.25, 0.3) is 0 Å². The Kier molecular flexibility index (Phi) is 1.97. The van der Waals surface area contributed by atoms with Gasteiger partial charge in [-0.15, -0.1) is 0 Å². The normalized spacial score (nSPS) is 67.5. The van der Waals surface area contributed by atoms with Crippen molar-refractivity contribution in [1.82, 2.24) is 0 Å². The average molecular weight is 302 g/mol. The van der Waals surface area contributed by atoms with Crippen LogP contribution in [0.4, 0.5) is 0 Å². The number of hydrogen-bond donors (Lipinski definition) is 0. The SMILES string of the molecule is CC12CCC3C(CC[C@]45CC(=O)CC[C@]34O5)C1CC1O[C@]12C. The molecule has 0 spiro atoms. The molecular weight excluding hydrogens is 276 g/mol. The summed E-state index contributed by atoms with van der Waals surface area (Å²) < 4.78 is 12.5. The third-order valence-corrected chi connectivity index (χ3v) is 9.22. The molecule has 4 aliphatic carbocycles. The van der Waals surface area contributed by atoms with Gasteiger partial charge in [0.2, 0.25) is 0 Å². The van der Waals surface area contributed by atoms with E-state index in [1.54, 1.807) is 0 Å². The van der Waals surface area contributed by atoms with Crippen molar-refractivity contribution in [2.75, 3.05) is 0 Å². The minimum absolute atomic E-state index is 0.0286. The van der Waals surface area contributed by atoms with E-state index in [1.165, 1.54) is 25.7 Å². The lowest BCUT2D eigenvalue weighted by Crippen LogP contribution is -2.54. The zero-order chi connectivity index (χ0) is 15.0. The van der Waals surface area contributed by atoms with Gasteiger partial charge in [0.1, 0.15) is 17.0 Å². The summed E-state index contributed by atoms with van der Waals surface area (Å²) in [5.41, 5.74) is 0.621. The van der Waals surface area contributed by atoms with E-state index < -0.39 is 0 Å². The molecule has 0 bridgehead atoms. The standard InChI is InChI=1S/C19H26O3/c1-16-6-5-13-12(14(16)9-15-17(16,2)21-15)4-7-18-10-11(20)3-8-19(13,18)22-18/h12-15H,3-10H2,1-2H3/t12?,13?,14?,15?,16?,17-,18+,19+/m1/s1. The minimum atomic E-state index is -0.0286. The minimum Gasteiger partial charge on any atom is -0.366 e. The van der Waals surface area contributed by atoms with Crippen molar-refractivity contribution in [1.29, 1.82) is 0 Å². The molecule has 0 N–H and O–H groups in total. The van der Waals surface area contributed by atoms with Gasteiger partial charge >= 0.3 is 0 Å². The van der Waals surface area contributed by atoms with E-state index in [9.17, 15) is 4.79 Å². The summed E-state index contributed by atoms with van der Waals surface area (Å²) in [5.74, 6) is 2.80. The molecule has 0 amide bonds. The topological polar surface area (TPSA) is 42.1 Å². The molecule has 2 aliphatic heterocycles. The second-order valence-electron chi connectivity index (χ2n) is 9.52. The fraction of sp³-hybridized carbons (Fsp3) is 0.947. The Balaban J connectivity index is 1.37. The van der Waals surface area contributed by atoms with Crippen LogP contribution < -0.4 is 0 Å². The Morgan fingerprint density at radius 3 is 2.82 bits per heavy atom. The molecule has 0 aromatic carbocycles. The molecule has 3 nitrogen and oxygen atoms in total. The average Bonchev–Trinajstić information content (AvgIpc) is 3.32. The van der Waals surface area contributed by atoms with Crippen LogP contribution in [0, 0.1) is 23.2 Å². The molecule has 120 valence electrons. The lowest BCUT2D eigenvalue weighted by atomic mass is 9.49. The van der Waals surface area contributed by atoms with Crippen LogP contribution >= 0.6 is 0 Å². The number of rotatable bonds is 0. The third-order valence-electron chi connectivity index (χ3n) is 9.22. The monoisotopic (exact) mass is 302 g/mol. The molecule has 0 radical (unpaired) electrons. The van der Waals surface area contributed by atoms with E-state index in [4.69, 9.17) is 9.47 Å². The van der Waals surface area contributed by atoms with Crippen LogP contribution in [-0.2, 0) is 14.3 Å². The largest absolute Gasteiger partial charge is 0.366 e. The van der Waals surface area contributed by atoms with Crippen molar-refractivity contribution in [3.05, 3.63) is 0 Å². The number of Topliss-reactive ketones (excluding diaryl/α,β-unsaturated/α-hetero) is 1. The smallest absolute Gasteiger partial charge is 0.136 e. The van der Waals surface area contributed by atoms with Gasteiger partial charge in [0, 0.05) is 18.3 Å². The molecule has 0 aromatic heterocycles. The summed E-state index contributed by atoms with van der Waals surface area (Å²) in [6, 6.07) is 0. The molecule has 6 aliphatic rings. The summed E-state index contributed by atoms with van der Waals surface area (Å²) in [6.07, 6.45) is 9.28. The number of epoxide rings is 2. The van der Waals surface area contributed by atoms with E-state index in [0.29, 0.717) is 29.6 Å². The van der Waals surface area contributed by atoms with Crippen LogP contribution in [0.2, 0.25) is 0 Å². The van der Waals surface area contributed by atoms with Crippen LogP contribution in [0.3, 0.4) is 0 Å². The first-order chi connectivity index (χ1) is 10.4. The first-order valence-corrected chi connectivity index (χ1v) is 9.34. The molecule has 0 aromatic rings. The predicted octanol–water partition coefficient (Wildman–Crippen LogP) is 3.25. The molecule has 3 heteroatoms. The van der Waals surface area contributed by atoms with E-state index >= 15 is 0 Å². The summed E-state index contributed by atoms with van der Waals surface area (Å²) >= 11 is 0. The number of fused-ring (bicyclic) bond motifs is 5. The van der Waals surface area contributed by atoms with Crippen LogP contribution in [0.5, 0.6) is 0 Å². The molecule has 8 atom stereocenters. The summed E-state index contributed by atoms with van der Waals surface area (Å²) in [7, 11) is 0. The molecule has 2 saturated heterocycles. The second kappa shape index (κ2) is 3.35. The molecule has 4 saturated carbocycles. The molecule has 5 unspecified atom stereocenters. The zero-order valence-corrected chi connectivity index (χ0v) is 13.7. The Labute approximate surface area is 132 Å². The maximum absolute atomic E-state index is 11.9. The summed E-state index contributed by atoms with van der Waals surface area (Å²) in [4.78, 5) is 11.9. The lowest BCUT2D eigenvalue weighted by Gasteiger charge is -2.53. The van der Waals surface area contributed by atoms with Crippen molar-refractivity contribution in [2.45, 2.75) is 88.1 Å². The van der Waals surface area contributed by atoms with Crippen molar-refractivity contribution in [3.8, 4) is 0 Å². The van der Waals surface area contributed by atoms with E-state index in [1.807, 2.05) is 0 Å². The van der Waals surface area contributed by atoms with Crippen molar-refractivity contribution in [2.24, 2.45) is 23.2 Å². The Bertz CT molecular complexity index is 601. The Morgan fingerprint density at radius 1 is 1.09 bits per heavy atom. The summed E-state index contributed by atoms with van der Waals surface area (Å²) in [5, 5.41) is 0.